The van der Waals surface area contributed by atoms with Gasteiger partial charge in [-0.3, -0.25) is 9.20 Å². The number of nitrogens with zero attached hydrogens (tertiary/aromatic N) is 3. The highest BCUT2D eigenvalue weighted by Gasteiger charge is 2.09. The van der Waals surface area contributed by atoms with Crippen LogP contribution >= 0.6 is 11.8 Å². The number of carbonyl (C=O) groups excluding carboxylic acids is 1. The van der Waals surface area contributed by atoms with Crippen LogP contribution in [0.2, 0.25) is 0 Å². The molecular weight excluding hydrogens is 344 g/mol. The van der Waals surface area contributed by atoms with Gasteiger partial charge in [0.2, 0.25) is 5.91 Å². The number of carbonyl (C=O) groups is 1. The molecule has 0 bridgehead atoms. The summed E-state index contributed by atoms with van der Waals surface area (Å²) in [4.78, 5) is 12.2. The van der Waals surface area contributed by atoms with Gasteiger partial charge in [0.25, 0.3) is 0 Å². The first kappa shape index (κ1) is 16.4. The van der Waals surface area contributed by atoms with Crippen LogP contribution in [-0.2, 0) is 4.79 Å². The number of benzene rings is 2. The number of thioether (sulfide) groups is 1. The third-order valence-electron chi connectivity index (χ3n) is 3.89. The van der Waals surface area contributed by atoms with Crippen molar-refractivity contribution >= 4 is 29.0 Å². The zero-order valence-corrected chi connectivity index (χ0v) is 14.7. The van der Waals surface area contributed by atoms with Gasteiger partial charge in [-0.15, -0.1) is 10.2 Å². The van der Waals surface area contributed by atoms with Crippen molar-refractivity contribution in [2.45, 2.75) is 5.16 Å². The largest absolute Gasteiger partial charge is 0.325 e. The van der Waals surface area contributed by atoms with E-state index in [0.29, 0.717) is 5.16 Å². The first-order valence-electron chi connectivity index (χ1n) is 8.17. The Labute approximate surface area is 155 Å². The lowest BCUT2D eigenvalue weighted by atomic mass is 10.1. The summed E-state index contributed by atoms with van der Waals surface area (Å²) >= 11 is 1.36. The number of nitrogens with one attached hydrogen (secondary N) is 1. The van der Waals surface area contributed by atoms with E-state index in [4.69, 9.17) is 0 Å². The quantitative estimate of drug-likeness (QED) is 0.544. The Morgan fingerprint density at radius 3 is 2.42 bits per heavy atom. The Morgan fingerprint density at radius 2 is 1.62 bits per heavy atom. The Bertz CT molecular complexity index is 1030. The molecule has 0 spiro atoms. The number of fused-ring (bicyclic) bond motifs is 1. The molecule has 26 heavy (non-hydrogen) atoms. The lowest BCUT2D eigenvalue weighted by molar-refractivity contribution is -0.113. The molecule has 0 saturated heterocycles. The van der Waals surface area contributed by atoms with Crippen molar-refractivity contribution < 1.29 is 4.79 Å². The van der Waals surface area contributed by atoms with Gasteiger partial charge in [0, 0.05) is 11.9 Å². The van der Waals surface area contributed by atoms with E-state index in [1.807, 2.05) is 71.3 Å². The predicted octanol–water partition coefficient (Wildman–Crippen LogP) is 4.13. The standard InChI is InChI=1S/C20H16N4OS/c25-19(14-26-20-23-22-18-8-4-5-13-24(18)20)21-17-11-9-16(10-12-17)15-6-2-1-3-7-15/h1-13H,14H2,(H,21,25). The molecule has 0 radical (unpaired) electrons. The maximum atomic E-state index is 12.2. The van der Waals surface area contributed by atoms with Crippen molar-refractivity contribution in [1.82, 2.24) is 14.6 Å². The second-order valence-corrected chi connectivity index (χ2v) is 6.63. The Kier molecular flexibility index (Phi) is 4.66. The van der Waals surface area contributed by atoms with Crippen molar-refractivity contribution in [2.75, 3.05) is 11.1 Å². The van der Waals surface area contributed by atoms with E-state index in [9.17, 15) is 4.79 Å². The Morgan fingerprint density at radius 1 is 0.885 bits per heavy atom. The minimum absolute atomic E-state index is 0.0739. The van der Waals surface area contributed by atoms with E-state index in [1.54, 1.807) is 0 Å². The highest BCUT2D eigenvalue weighted by atomic mass is 32.2. The zero-order valence-electron chi connectivity index (χ0n) is 13.9. The fourth-order valence-corrected chi connectivity index (χ4v) is 3.35. The van der Waals surface area contributed by atoms with Crippen molar-refractivity contribution in [2.24, 2.45) is 0 Å². The van der Waals surface area contributed by atoms with Crippen molar-refractivity contribution in [3.63, 3.8) is 0 Å². The molecule has 0 unspecified atom stereocenters. The summed E-state index contributed by atoms with van der Waals surface area (Å²) in [6, 6.07) is 23.7. The fourth-order valence-electron chi connectivity index (χ4n) is 2.62. The van der Waals surface area contributed by atoms with Gasteiger partial charge in [-0.2, -0.15) is 0 Å². The summed E-state index contributed by atoms with van der Waals surface area (Å²) in [6.45, 7) is 0. The molecule has 0 saturated carbocycles. The van der Waals surface area contributed by atoms with Crippen LogP contribution in [0.25, 0.3) is 16.8 Å². The SMILES string of the molecule is O=C(CSc1nnc2ccccn12)Nc1ccc(-c2ccccc2)cc1. The third-order valence-corrected chi connectivity index (χ3v) is 4.83. The summed E-state index contributed by atoms with van der Waals surface area (Å²) in [5.41, 5.74) is 3.82. The van der Waals surface area contributed by atoms with E-state index in [2.05, 4.69) is 27.6 Å². The molecule has 0 aliphatic rings. The average molecular weight is 360 g/mol. The van der Waals surface area contributed by atoms with E-state index in [0.717, 1.165) is 22.5 Å². The first-order valence-corrected chi connectivity index (χ1v) is 9.16. The fraction of sp³-hybridized carbons (Fsp3) is 0.0500. The second-order valence-electron chi connectivity index (χ2n) is 5.69. The van der Waals surface area contributed by atoms with Gasteiger partial charge in [0.1, 0.15) is 0 Å². The van der Waals surface area contributed by atoms with Gasteiger partial charge in [-0.05, 0) is 35.4 Å². The topological polar surface area (TPSA) is 59.3 Å². The van der Waals surface area contributed by atoms with Gasteiger partial charge < -0.3 is 5.32 Å². The molecule has 0 atom stereocenters. The molecule has 5 nitrogen and oxygen atoms in total. The van der Waals surface area contributed by atoms with Crippen LogP contribution in [0, 0.1) is 0 Å². The zero-order chi connectivity index (χ0) is 17.8. The molecule has 0 aliphatic carbocycles. The monoisotopic (exact) mass is 360 g/mol. The summed E-state index contributed by atoms with van der Waals surface area (Å²) in [7, 11) is 0. The van der Waals surface area contributed by atoms with Crippen LogP contribution in [0.4, 0.5) is 5.69 Å². The molecular formula is C20H16N4OS. The Balaban J connectivity index is 1.37. The summed E-state index contributed by atoms with van der Waals surface area (Å²) in [6.07, 6.45) is 1.89. The predicted molar refractivity (Wildman–Crippen MR) is 104 cm³/mol. The molecule has 4 rings (SSSR count). The summed E-state index contributed by atoms with van der Waals surface area (Å²) in [5.74, 6) is 0.200. The van der Waals surface area contributed by atoms with Crippen LogP contribution < -0.4 is 5.32 Å². The lowest BCUT2D eigenvalue weighted by Gasteiger charge is -2.06. The molecule has 0 fully saturated rings. The normalized spacial score (nSPS) is 10.8. The van der Waals surface area contributed by atoms with Gasteiger partial charge in [0.15, 0.2) is 10.8 Å². The third kappa shape index (κ3) is 3.60. The number of hydrogen-bond donors (Lipinski definition) is 1. The molecule has 4 aromatic rings. The molecule has 2 heterocycles. The lowest BCUT2D eigenvalue weighted by Crippen LogP contribution is -2.14. The molecule has 1 N–H and O–H groups in total. The van der Waals surface area contributed by atoms with Gasteiger partial charge in [0.05, 0.1) is 5.75 Å². The molecule has 1 amide bonds. The van der Waals surface area contributed by atoms with Crippen molar-refractivity contribution in [3.05, 3.63) is 79.0 Å². The summed E-state index contributed by atoms with van der Waals surface area (Å²) in [5, 5.41) is 11.8. The number of pyridine rings is 1. The van der Waals surface area contributed by atoms with E-state index in [1.165, 1.54) is 11.8 Å². The second kappa shape index (κ2) is 7.41. The smallest absolute Gasteiger partial charge is 0.234 e. The number of rotatable bonds is 5. The molecule has 2 aromatic heterocycles. The van der Waals surface area contributed by atoms with Crippen molar-refractivity contribution in [1.29, 1.82) is 0 Å². The highest BCUT2D eigenvalue weighted by molar-refractivity contribution is 7.99. The maximum absolute atomic E-state index is 12.2. The first-order chi connectivity index (χ1) is 12.8. The summed E-state index contributed by atoms with van der Waals surface area (Å²) < 4.78 is 1.87. The molecule has 128 valence electrons. The van der Waals surface area contributed by atoms with Crippen molar-refractivity contribution in [3.8, 4) is 11.1 Å². The number of hydrogen-bond acceptors (Lipinski definition) is 4. The van der Waals surface area contributed by atoms with Gasteiger partial charge in [-0.1, -0.05) is 60.3 Å². The highest BCUT2D eigenvalue weighted by Crippen LogP contribution is 2.21. The van der Waals surface area contributed by atoms with Crippen LogP contribution in [-0.4, -0.2) is 26.3 Å². The van der Waals surface area contributed by atoms with Crippen LogP contribution in [0.1, 0.15) is 0 Å². The van der Waals surface area contributed by atoms with E-state index < -0.39 is 0 Å². The number of anilines is 1. The maximum Gasteiger partial charge on any atom is 0.234 e. The number of amides is 1. The van der Waals surface area contributed by atoms with Crippen LogP contribution in [0.3, 0.4) is 0 Å². The van der Waals surface area contributed by atoms with Gasteiger partial charge in [-0.25, -0.2) is 0 Å². The minimum Gasteiger partial charge on any atom is -0.325 e. The van der Waals surface area contributed by atoms with E-state index in [-0.39, 0.29) is 11.7 Å². The van der Waals surface area contributed by atoms with Gasteiger partial charge >= 0.3 is 0 Å². The average Bonchev–Trinajstić information content (AvgIpc) is 3.11. The molecule has 6 heteroatoms. The number of aromatic nitrogens is 3. The Hall–Kier alpha value is -3.12. The van der Waals surface area contributed by atoms with Crippen LogP contribution in [0.5, 0.6) is 0 Å². The molecule has 0 aliphatic heterocycles. The van der Waals surface area contributed by atoms with Crippen LogP contribution in [0.15, 0.2) is 84.1 Å². The molecule has 2 aromatic carbocycles. The van der Waals surface area contributed by atoms with E-state index >= 15 is 0 Å². The minimum atomic E-state index is -0.0739.